The number of hydrogen-bond donors (Lipinski definition) is 3. The van der Waals surface area contributed by atoms with Crippen LogP contribution in [-0.2, 0) is 4.79 Å². The van der Waals surface area contributed by atoms with Gasteiger partial charge < -0.3 is 25.6 Å². The Morgan fingerprint density at radius 1 is 1.15 bits per heavy atom. The van der Waals surface area contributed by atoms with E-state index in [0.717, 1.165) is 37.0 Å². The minimum absolute atomic E-state index is 0.0441. The van der Waals surface area contributed by atoms with Crippen LogP contribution in [0.3, 0.4) is 0 Å². The zero-order chi connectivity index (χ0) is 28.6. The average Bonchev–Trinajstić information content (AvgIpc) is 2.98. The molecule has 1 heterocycles. The number of anilines is 1. The molecule has 0 fully saturated rings. The second-order valence-electron chi connectivity index (χ2n) is 10.0. The number of hydrogen-bond acceptors (Lipinski definition) is 8. The summed E-state index contributed by atoms with van der Waals surface area (Å²) in [4.78, 5) is 13.3. The van der Waals surface area contributed by atoms with Crippen molar-refractivity contribution in [2.24, 2.45) is 16.9 Å². The molecule has 1 unspecified atom stereocenters. The Kier molecular flexibility index (Phi) is 10.0. The first kappa shape index (κ1) is 29.4. The maximum atomic E-state index is 13.3. The number of carbonyl (C=O) groups is 1. The number of allylic oxidation sites excluding steroid dienone is 2. The van der Waals surface area contributed by atoms with E-state index in [2.05, 4.69) is 17.5 Å². The molecule has 1 aliphatic carbocycles. The maximum Gasteiger partial charge on any atom is 0.246 e. The molecule has 1 aliphatic heterocycles. The van der Waals surface area contributed by atoms with Gasteiger partial charge in [0.25, 0.3) is 0 Å². The van der Waals surface area contributed by atoms with Crippen LogP contribution in [0.5, 0.6) is 11.5 Å². The van der Waals surface area contributed by atoms with Gasteiger partial charge in [0.15, 0.2) is 11.5 Å². The van der Waals surface area contributed by atoms with Crippen molar-refractivity contribution in [2.45, 2.75) is 38.2 Å². The minimum Gasteiger partial charge on any atom is -0.493 e. The lowest BCUT2D eigenvalue weighted by Gasteiger charge is -2.37. The van der Waals surface area contributed by atoms with E-state index in [1.165, 1.54) is 0 Å². The van der Waals surface area contributed by atoms with Crippen LogP contribution >= 0.6 is 11.6 Å². The van der Waals surface area contributed by atoms with Crippen LogP contribution in [0, 0.1) is 23.2 Å². The Hall–Kier alpha value is -3.58. The van der Waals surface area contributed by atoms with Gasteiger partial charge in [0.2, 0.25) is 5.91 Å². The first-order chi connectivity index (χ1) is 19.4. The maximum absolute atomic E-state index is 13.3. The number of amides is 1. The third-order valence-corrected chi connectivity index (χ3v) is 7.79. The van der Waals surface area contributed by atoms with Gasteiger partial charge in [-0.15, -0.1) is 0 Å². The largest absolute Gasteiger partial charge is 0.493 e. The van der Waals surface area contributed by atoms with Gasteiger partial charge in [-0.25, -0.2) is 5.01 Å². The molecule has 0 saturated carbocycles. The molecular formula is C30H36ClN5O4. The molecule has 212 valence electrons. The van der Waals surface area contributed by atoms with E-state index in [9.17, 15) is 15.2 Å². The third kappa shape index (κ3) is 6.58. The van der Waals surface area contributed by atoms with Gasteiger partial charge in [0.1, 0.15) is 6.07 Å². The molecule has 4 N–H and O–H groups in total. The van der Waals surface area contributed by atoms with E-state index < -0.39 is 6.10 Å². The van der Waals surface area contributed by atoms with Gasteiger partial charge in [0.05, 0.1) is 48.2 Å². The number of nitrogen functional groups attached to an aromatic ring is 1. The number of rotatable bonds is 12. The van der Waals surface area contributed by atoms with E-state index in [0.29, 0.717) is 43.1 Å². The highest BCUT2D eigenvalue weighted by Crippen LogP contribution is 2.37. The standard InChI is InChI=1S/C30H36ClN5O4/c1-39-26-11-10-19(16-27(26)40-2)29-22-8-4-5-9-23(22)30(38)36(35-29)13-7-3-6-12-34-18-25(37)20-14-21(17-32)28(33)24(31)15-20/h4-5,10-11,14-16,22-23,25,34,37H,3,6-9,12-13,18,33H2,1-2H3/t22-,23+,25?/m0/s1. The highest BCUT2D eigenvalue weighted by atomic mass is 35.5. The number of nitrogens with one attached hydrogen (secondary N) is 1. The van der Waals surface area contributed by atoms with Gasteiger partial charge in [-0.2, -0.15) is 10.4 Å². The summed E-state index contributed by atoms with van der Waals surface area (Å²) in [6.45, 7) is 1.58. The Morgan fingerprint density at radius 2 is 1.90 bits per heavy atom. The summed E-state index contributed by atoms with van der Waals surface area (Å²) in [6, 6.07) is 10.9. The van der Waals surface area contributed by atoms with Gasteiger partial charge >= 0.3 is 0 Å². The number of aliphatic hydroxyl groups is 1. The molecule has 10 heteroatoms. The lowest BCUT2D eigenvalue weighted by molar-refractivity contribution is -0.137. The van der Waals surface area contributed by atoms with Gasteiger partial charge in [-0.1, -0.05) is 30.2 Å². The molecule has 0 aromatic heterocycles. The van der Waals surface area contributed by atoms with Gasteiger partial charge in [0, 0.05) is 24.6 Å². The number of nitriles is 1. The number of aliphatic hydroxyl groups excluding tert-OH is 1. The number of methoxy groups -OCH3 is 2. The van der Waals surface area contributed by atoms with Crippen molar-refractivity contribution in [2.75, 3.05) is 39.6 Å². The second-order valence-corrected chi connectivity index (χ2v) is 10.4. The Bertz CT molecular complexity index is 1320. The summed E-state index contributed by atoms with van der Waals surface area (Å²) in [5.41, 5.74) is 8.65. The van der Waals surface area contributed by atoms with Crippen molar-refractivity contribution in [3.63, 3.8) is 0 Å². The first-order valence-electron chi connectivity index (χ1n) is 13.5. The Balaban J connectivity index is 1.31. The number of benzene rings is 2. The summed E-state index contributed by atoms with van der Waals surface area (Å²) in [7, 11) is 3.22. The summed E-state index contributed by atoms with van der Waals surface area (Å²) >= 11 is 6.08. The number of nitrogens with two attached hydrogens (primary N) is 1. The molecule has 0 radical (unpaired) electrons. The van der Waals surface area contributed by atoms with E-state index in [4.69, 9.17) is 31.9 Å². The van der Waals surface area contributed by atoms with E-state index in [-0.39, 0.29) is 34.0 Å². The smallest absolute Gasteiger partial charge is 0.246 e. The predicted octanol–water partition coefficient (Wildman–Crippen LogP) is 4.43. The number of fused-ring (bicyclic) bond motifs is 1. The highest BCUT2D eigenvalue weighted by Gasteiger charge is 2.40. The molecule has 4 rings (SSSR count). The van der Waals surface area contributed by atoms with Crippen molar-refractivity contribution >= 4 is 28.9 Å². The van der Waals surface area contributed by atoms with Crippen LogP contribution in [0.25, 0.3) is 0 Å². The summed E-state index contributed by atoms with van der Waals surface area (Å²) in [5, 5.41) is 29.7. The van der Waals surface area contributed by atoms with Gasteiger partial charge in [-0.05, 0) is 68.1 Å². The van der Waals surface area contributed by atoms with Crippen LogP contribution in [0.2, 0.25) is 5.02 Å². The average molecular weight is 566 g/mol. The molecule has 2 aromatic carbocycles. The third-order valence-electron chi connectivity index (χ3n) is 7.48. The quantitative estimate of drug-likeness (QED) is 0.197. The number of hydrazone groups is 1. The lowest BCUT2D eigenvalue weighted by Crippen LogP contribution is -2.45. The van der Waals surface area contributed by atoms with Crippen molar-refractivity contribution in [1.29, 1.82) is 5.26 Å². The molecule has 0 bridgehead atoms. The molecule has 1 amide bonds. The number of unbranched alkanes of at least 4 members (excludes halogenated alkanes) is 2. The van der Waals surface area contributed by atoms with Crippen LogP contribution < -0.4 is 20.5 Å². The first-order valence-corrected chi connectivity index (χ1v) is 13.9. The fraction of sp³-hybridized carbons (Fsp3) is 0.433. The second kappa shape index (κ2) is 13.7. The molecule has 0 spiro atoms. The van der Waals surface area contributed by atoms with Crippen LogP contribution in [0.15, 0.2) is 47.6 Å². The zero-order valence-electron chi connectivity index (χ0n) is 22.9. The number of ether oxygens (including phenoxy) is 2. The molecule has 0 saturated heterocycles. The molecule has 2 aromatic rings. The van der Waals surface area contributed by atoms with Crippen molar-refractivity contribution < 1.29 is 19.4 Å². The molecule has 9 nitrogen and oxygen atoms in total. The topological polar surface area (TPSA) is 133 Å². The summed E-state index contributed by atoms with van der Waals surface area (Å²) in [5.74, 6) is 1.30. The predicted molar refractivity (Wildman–Crippen MR) is 155 cm³/mol. The molecular weight excluding hydrogens is 530 g/mol. The van der Waals surface area contributed by atoms with E-state index in [1.807, 2.05) is 24.3 Å². The van der Waals surface area contributed by atoms with Crippen molar-refractivity contribution in [3.8, 4) is 17.6 Å². The number of carbonyl (C=O) groups excluding carboxylic acids is 1. The minimum atomic E-state index is -0.807. The van der Waals surface area contributed by atoms with Crippen LogP contribution in [0.1, 0.15) is 54.9 Å². The molecule has 2 aliphatic rings. The number of halogens is 1. The SMILES string of the molecule is COc1ccc(C2=NN(CCCCCNCC(O)c3cc(Cl)c(N)c(C#N)c3)C(=O)[C@@H]3CC=CC[C@H]23)cc1OC. The van der Waals surface area contributed by atoms with E-state index in [1.54, 1.807) is 31.4 Å². The Morgan fingerprint density at radius 3 is 2.62 bits per heavy atom. The Labute approximate surface area is 240 Å². The van der Waals surface area contributed by atoms with Gasteiger partial charge in [-0.3, -0.25) is 4.79 Å². The summed E-state index contributed by atoms with van der Waals surface area (Å²) < 4.78 is 10.9. The zero-order valence-corrected chi connectivity index (χ0v) is 23.7. The van der Waals surface area contributed by atoms with Crippen LogP contribution in [0.4, 0.5) is 5.69 Å². The fourth-order valence-electron chi connectivity index (χ4n) is 5.23. The number of nitrogens with zero attached hydrogens (tertiary/aromatic N) is 3. The van der Waals surface area contributed by atoms with Crippen molar-refractivity contribution in [1.82, 2.24) is 10.3 Å². The van der Waals surface area contributed by atoms with Crippen molar-refractivity contribution in [3.05, 3.63) is 64.2 Å². The van der Waals surface area contributed by atoms with Crippen LogP contribution in [-0.4, -0.2) is 55.6 Å². The lowest BCUT2D eigenvalue weighted by atomic mass is 9.76. The molecule has 3 atom stereocenters. The summed E-state index contributed by atoms with van der Waals surface area (Å²) in [6.07, 6.45) is 7.51. The normalized spacial score (nSPS) is 19.0. The highest BCUT2D eigenvalue weighted by molar-refractivity contribution is 6.33. The fourth-order valence-corrected chi connectivity index (χ4v) is 5.46. The monoisotopic (exact) mass is 565 g/mol. The molecule has 40 heavy (non-hydrogen) atoms. The van der Waals surface area contributed by atoms with E-state index >= 15 is 0 Å².